The van der Waals surface area contributed by atoms with E-state index >= 15 is 0 Å². The quantitative estimate of drug-likeness (QED) is 0.288. The van der Waals surface area contributed by atoms with Crippen LogP contribution in [0.25, 0.3) is 0 Å². The molecule has 4 N–H and O–H groups in total. The first kappa shape index (κ1) is 24.8. The normalized spacial score (nSPS) is 12.9. The van der Waals surface area contributed by atoms with E-state index in [1.165, 1.54) is 0 Å². The predicted molar refractivity (Wildman–Crippen MR) is 139 cm³/mol. The number of amides is 3. The van der Waals surface area contributed by atoms with E-state index in [2.05, 4.69) is 56.8 Å². The van der Waals surface area contributed by atoms with Crippen LogP contribution in [0, 0.1) is 6.92 Å². The average molecular weight is 560 g/mol. The number of rotatable bonds is 9. The Bertz CT molecular complexity index is 1180. The van der Waals surface area contributed by atoms with Crippen LogP contribution in [0.3, 0.4) is 0 Å². The minimum absolute atomic E-state index is 0.0823. The number of hydrogen-bond acceptors (Lipinski definition) is 9. The van der Waals surface area contributed by atoms with E-state index in [4.69, 9.17) is 0 Å². The molecule has 13 heteroatoms. The van der Waals surface area contributed by atoms with Crippen molar-refractivity contribution in [3.8, 4) is 0 Å². The Morgan fingerprint density at radius 2 is 1.97 bits per heavy atom. The Kier molecular flexibility index (Phi) is 8.42. The SMILES string of the molecule is Cc1nnsc1C(=O)NCCCNc1nc(Nc2cccc(NC(=O)N3CCCC3)c2)ncc1Br. The van der Waals surface area contributed by atoms with E-state index in [9.17, 15) is 9.59 Å². The summed E-state index contributed by atoms with van der Waals surface area (Å²) in [5.41, 5.74) is 2.09. The molecule has 0 radical (unpaired) electrons. The molecular formula is C22H26BrN9O2S. The number of urea groups is 1. The van der Waals surface area contributed by atoms with Gasteiger partial charge in [0.1, 0.15) is 10.7 Å². The highest BCUT2D eigenvalue weighted by Crippen LogP contribution is 2.23. The van der Waals surface area contributed by atoms with Crippen LogP contribution in [-0.2, 0) is 0 Å². The molecule has 0 saturated carbocycles. The van der Waals surface area contributed by atoms with Gasteiger partial charge in [0.05, 0.1) is 10.2 Å². The lowest BCUT2D eigenvalue weighted by Gasteiger charge is -2.16. The third-order valence-corrected chi connectivity index (χ3v) is 6.70. The molecule has 3 amide bonds. The lowest BCUT2D eigenvalue weighted by Crippen LogP contribution is -2.32. The van der Waals surface area contributed by atoms with Crippen molar-refractivity contribution in [3.05, 3.63) is 45.5 Å². The van der Waals surface area contributed by atoms with Crippen molar-refractivity contribution in [2.45, 2.75) is 26.2 Å². The molecule has 3 heterocycles. The Balaban J connectivity index is 1.27. The van der Waals surface area contributed by atoms with E-state index in [1.54, 1.807) is 13.1 Å². The highest BCUT2D eigenvalue weighted by molar-refractivity contribution is 9.10. The summed E-state index contributed by atoms with van der Waals surface area (Å²) in [6, 6.07) is 7.35. The number of benzene rings is 1. The van der Waals surface area contributed by atoms with Gasteiger partial charge in [-0.05, 0) is 71.8 Å². The van der Waals surface area contributed by atoms with Crippen molar-refractivity contribution in [3.63, 3.8) is 0 Å². The van der Waals surface area contributed by atoms with Gasteiger partial charge in [0.25, 0.3) is 5.91 Å². The number of nitrogens with one attached hydrogen (secondary N) is 4. The van der Waals surface area contributed by atoms with Gasteiger partial charge in [0.15, 0.2) is 0 Å². The average Bonchev–Trinajstić information content (AvgIpc) is 3.53. The van der Waals surface area contributed by atoms with Crippen LogP contribution in [0.1, 0.15) is 34.6 Å². The molecule has 1 aliphatic heterocycles. The number of likely N-dealkylation sites (tertiary alicyclic amines) is 1. The number of carbonyl (C=O) groups excluding carboxylic acids is 2. The maximum atomic E-state index is 12.4. The zero-order valence-corrected chi connectivity index (χ0v) is 21.6. The van der Waals surface area contributed by atoms with Crippen molar-refractivity contribution in [2.24, 2.45) is 0 Å². The first-order chi connectivity index (χ1) is 17.0. The zero-order valence-electron chi connectivity index (χ0n) is 19.2. The summed E-state index contributed by atoms with van der Waals surface area (Å²) in [4.78, 5) is 35.7. The third kappa shape index (κ3) is 6.85. The predicted octanol–water partition coefficient (Wildman–Crippen LogP) is 4.00. The zero-order chi connectivity index (χ0) is 24.6. The van der Waals surface area contributed by atoms with E-state index in [0.717, 1.165) is 47.6 Å². The smallest absolute Gasteiger partial charge is 0.321 e. The monoisotopic (exact) mass is 559 g/mol. The molecule has 4 rings (SSSR count). The molecule has 0 bridgehead atoms. The molecule has 0 atom stereocenters. The van der Waals surface area contributed by atoms with E-state index in [0.29, 0.717) is 47.5 Å². The summed E-state index contributed by atoms with van der Waals surface area (Å²) in [7, 11) is 0. The summed E-state index contributed by atoms with van der Waals surface area (Å²) < 4.78 is 4.51. The van der Waals surface area contributed by atoms with Crippen LogP contribution in [0.15, 0.2) is 34.9 Å². The van der Waals surface area contributed by atoms with Gasteiger partial charge in [-0.1, -0.05) is 10.6 Å². The molecule has 35 heavy (non-hydrogen) atoms. The van der Waals surface area contributed by atoms with Gasteiger partial charge >= 0.3 is 6.03 Å². The Morgan fingerprint density at radius 3 is 2.74 bits per heavy atom. The Morgan fingerprint density at radius 1 is 1.17 bits per heavy atom. The second-order valence-electron chi connectivity index (χ2n) is 7.94. The fraction of sp³-hybridized carbons (Fsp3) is 0.364. The molecule has 1 aliphatic rings. The van der Waals surface area contributed by atoms with Crippen molar-refractivity contribution in [1.82, 2.24) is 29.8 Å². The maximum Gasteiger partial charge on any atom is 0.321 e. The van der Waals surface area contributed by atoms with Crippen LogP contribution >= 0.6 is 27.5 Å². The molecule has 1 aromatic carbocycles. The maximum absolute atomic E-state index is 12.4. The first-order valence-corrected chi connectivity index (χ1v) is 12.8. The lowest BCUT2D eigenvalue weighted by molar-refractivity contribution is 0.0957. The molecule has 0 spiro atoms. The van der Waals surface area contributed by atoms with Gasteiger partial charge in [-0.15, -0.1) is 5.10 Å². The second-order valence-corrected chi connectivity index (χ2v) is 9.55. The summed E-state index contributed by atoms with van der Waals surface area (Å²) in [6.45, 7) is 4.46. The number of halogens is 1. The summed E-state index contributed by atoms with van der Waals surface area (Å²) in [6.07, 6.45) is 4.46. The van der Waals surface area contributed by atoms with Crippen LogP contribution in [0.5, 0.6) is 0 Å². The van der Waals surface area contributed by atoms with Crippen LogP contribution in [-0.4, -0.2) is 62.6 Å². The molecule has 0 aliphatic carbocycles. The number of aryl methyl sites for hydroxylation is 1. The highest BCUT2D eigenvalue weighted by atomic mass is 79.9. The molecule has 1 fully saturated rings. The number of anilines is 4. The van der Waals surface area contributed by atoms with Crippen molar-refractivity contribution in [1.29, 1.82) is 0 Å². The largest absolute Gasteiger partial charge is 0.369 e. The van der Waals surface area contributed by atoms with Crippen LogP contribution in [0.4, 0.5) is 27.9 Å². The highest BCUT2D eigenvalue weighted by Gasteiger charge is 2.18. The van der Waals surface area contributed by atoms with Crippen molar-refractivity contribution < 1.29 is 9.59 Å². The topological polar surface area (TPSA) is 137 Å². The van der Waals surface area contributed by atoms with Crippen LogP contribution in [0.2, 0.25) is 0 Å². The van der Waals surface area contributed by atoms with Gasteiger partial charge in [-0.3, -0.25) is 4.79 Å². The van der Waals surface area contributed by atoms with E-state index in [-0.39, 0.29) is 11.9 Å². The molecule has 2 aromatic heterocycles. The van der Waals surface area contributed by atoms with Gasteiger partial charge < -0.3 is 26.2 Å². The number of nitrogens with zero attached hydrogens (tertiary/aromatic N) is 5. The minimum Gasteiger partial charge on any atom is -0.369 e. The molecular weight excluding hydrogens is 534 g/mol. The second kappa shape index (κ2) is 11.9. The minimum atomic E-state index is -0.161. The standard InChI is InChI=1S/C22H26BrN9O2S/c1-14-18(35-31-30-14)20(33)25-9-5-8-24-19-17(23)13-26-21(29-19)27-15-6-4-7-16(12-15)28-22(34)32-10-2-3-11-32/h4,6-7,12-13H,2-3,5,8-11H2,1H3,(H,25,33)(H,28,34)(H2,24,26,27,29). The summed E-state index contributed by atoms with van der Waals surface area (Å²) >= 11 is 4.55. The molecule has 1 saturated heterocycles. The Labute approximate surface area is 215 Å². The van der Waals surface area contributed by atoms with Crippen LogP contribution < -0.4 is 21.3 Å². The first-order valence-electron chi connectivity index (χ1n) is 11.3. The molecule has 11 nitrogen and oxygen atoms in total. The van der Waals surface area contributed by atoms with E-state index < -0.39 is 0 Å². The number of hydrogen-bond donors (Lipinski definition) is 4. The molecule has 184 valence electrons. The Hall–Kier alpha value is -3.32. The van der Waals surface area contributed by atoms with E-state index in [1.807, 2.05) is 29.2 Å². The fourth-order valence-corrected chi connectivity index (χ4v) is 4.40. The lowest BCUT2D eigenvalue weighted by atomic mass is 10.3. The van der Waals surface area contributed by atoms with Gasteiger partial charge in [-0.2, -0.15) is 4.98 Å². The van der Waals surface area contributed by atoms with Gasteiger partial charge in [-0.25, -0.2) is 9.78 Å². The van der Waals surface area contributed by atoms with Crippen molar-refractivity contribution >= 4 is 62.5 Å². The molecule has 3 aromatic rings. The van der Waals surface area contributed by atoms with Gasteiger partial charge in [0.2, 0.25) is 5.95 Å². The van der Waals surface area contributed by atoms with Gasteiger partial charge in [0, 0.05) is 43.8 Å². The fourth-order valence-electron chi connectivity index (χ4n) is 3.49. The summed E-state index contributed by atoms with van der Waals surface area (Å²) in [5, 5.41) is 16.1. The third-order valence-electron chi connectivity index (χ3n) is 5.30. The molecule has 0 unspecified atom stereocenters. The number of carbonyl (C=O) groups is 2. The number of aromatic nitrogens is 4. The summed E-state index contributed by atoms with van der Waals surface area (Å²) in [5.74, 6) is 0.890. The van der Waals surface area contributed by atoms with Crippen molar-refractivity contribution in [2.75, 3.05) is 42.1 Å².